The van der Waals surface area contributed by atoms with Gasteiger partial charge in [0, 0.05) is 17.9 Å². The predicted molar refractivity (Wildman–Crippen MR) is 112 cm³/mol. The van der Waals surface area contributed by atoms with E-state index in [0.29, 0.717) is 29.7 Å². The molecule has 1 spiro atoms. The zero-order valence-corrected chi connectivity index (χ0v) is 18.6. The van der Waals surface area contributed by atoms with Crippen LogP contribution in [0.25, 0.3) is 0 Å². The van der Waals surface area contributed by atoms with E-state index in [-0.39, 0.29) is 31.9 Å². The van der Waals surface area contributed by atoms with E-state index in [4.69, 9.17) is 11.6 Å². The van der Waals surface area contributed by atoms with E-state index in [9.17, 15) is 18.3 Å². The highest BCUT2D eigenvalue weighted by Gasteiger charge is 2.48. The summed E-state index contributed by atoms with van der Waals surface area (Å²) in [6.07, 6.45) is 2.67. The van der Waals surface area contributed by atoms with Crippen molar-refractivity contribution in [1.29, 1.82) is 0 Å². The standard InChI is InChI=1S/C18H19ClN2O4S3/c1-3-21-17(23)12(9-20-21)15(22)11-8-13(19)16-14(10(11)2)18(4-6-26-27-18)5-7-28(16,24)25/h8-9,23H,3-7H2,1-2H3. The van der Waals surface area contributed by atoms with Crippen molar-refractivity contribution in [2.45, 2.75) is 42.9 Å². The normalized spacial score (nSPS) is 23.1. The molecule has 0 radical (unpaired) electrons. The summed E-state index contributed by atoms with van der Waals surface area (Å²) in [7, 11) is -0.112. The number of carbonyl (C=O) groups excluding carboxylic acids is 1. The Labute approximate surface area is 176 Å². The van der Waals surface area contributed by atoms with Gasteiger partial charge in [0.05, 0.1) is 26.6 Å². The van der Waals surface area contributed by atoms with Crippen molar-refractivity contribution in [2.24, 2.45) is 0 Å². The van der Waals surface area contributed by atoms with Crippen LogP contribution in [0.3, 0.4) is 0 Å². The summed E-state index contributed by atoms with van der Waals surface area (Å²) in [4.78, 5) is 13.4. The van der Waals surface area contributed by atoms with Crippen molar-refractivity contribution >= 4 is 48.8 Å². The third-order valence-electron chi connectivity index (χ3n) is 5.44. The molecule has 1 aromatic heterocycles. The van der Waals surface area contributed by atoms with Crippen LogP contribution in [0.4, 0.5) is 0 Å². The summed E-state index contributed by atoms with van der Waals surface area (Å²) in [6, 6.07) is 1.42. The van der Waals surface area contributed by atoms with Crippen molar-refractivity contribution in [2.75, 3.05) is 11.5 Å². The second kappa shape index (κ2) is 6.97. The van der Waals surface area contributed by atoms with E-state index in [1.54, 1.807) is 28.5 Å². The zero-order chi connectivity index (χ0) is 20.3. The third-order valence-corrected chi connectivity index (χ3v) is 10.9. The fourth-order valence-corrected chi connectivity index (χ4v) is 10.1. The van der Waals surface area contributed by atoms with E-state index < -0.39 is 15.6 Å². The van der Waals surface area contributed by atoms with Crippen molar-refractivity contribution < 1.29 is 18.3 Å². The first-order valence-electron chi connectivity index (χ1n) is 8.88. The molecule has 1 fully saturated rings. The number of nitrogens with zero attached hydrogens (tertiary/aromatic N) is 2. The molecule has 2 aromatic rings. The van der Waals surface area contributed by atoms with E-state index in [2.05, 4.69) is 5.10 Å². The summed E-state index contributed by atoms with van der Waals surface area (Å²) < 4.78 is 26.6. The van der Waals surface area contributed by atoms with Gasteiger partial charge in [-0.3, -0.25) is 4.79 Å². The Morgan fingerprint density at radius 2 is 2.14 bits per heavy atom. The minimum atomic E-state index is -3.51. The Hall–Kier alpha value is -1.16. The molecule has 150 valence electrons. The average Bonchev–Trinajstić information content (AvgIpc) is 3.27. The summed E-state index contributed by atoms with van der Waals surface area (Å²) in [5.41, 5.74) is 1.67. The largest absolute Gasteiger partial charge is 0.493 e. The van der Waals surface area contributed by atoms with E-state index in [0.717, 1.165) is 12.2 Å². The fourth-order valence-electron chi connectivity index (χ4n) is 3.99. The molecule has 2 aliphatic rings. The summed E-state index contributed by atoms with van der Waals surface area (Å²) in [5.74, 6) is 0.370. The van der Waals surface area contributed by atoms with E-state index >= 15 is 0 Å². The number of halogens is 1. The number of sulfone groups is 1. The maximum Gasteiger partial charge on any atom is 0.220 e. The van der Waals surface area contributed by atoms with Crippen LogP contribution in [-0.4, -0.2) is 40.6 Å². The SMILES string of the molecule is CCn1ncc(C(=O)c2cc(Cl)c3c(c2C)C2(CCSS2)CCS3(=O)=O)c1O. The minimum absolute atomic E-state index is 0.0596. The first kappa shape index (κ1) is 20.1. The number of aromatic nitrogens is 2. The summed E-state index contributed by atoms with van der Waals surface area (Å²) in [6.45, 7) is 4.01. The number of aromatic hydroxyl groups is 1. The molecule has 1 unspecified atom stereocenters. The van der Waals surface area contributed by atoms with Gasteiger partial charge in [-0.05, 0) is 43.9 Å². The number of aryl methyl sites for hydroxylation is 1. The van der Waals surface area contributed by atoms with E-state index in [1.165, 1.54) is 16.9 Å². The number of hydrogen-bond donors (Lipinski definition) is 1. The maximum absolute atomic E-state index is 13.2. The van der Waals surface area contributed by atoms with Crippen LogP contribution in [-0.2, 0) is 21.1 Å². The molecule has 6 nitrogen and oxygen atoms in total. The molecule has 28 heavy (non-hydrogen) atoms. The molecule has 2 aliphatic heterocycles. The second-order valence-corrected chi connectivity index (χ2v) is 12.2. The number of hydrogen-bond acceptors (Lipinski definition) is 7. The van der Waals surface area contributed by atoms with Gasteiger partial charge in [0.1, 0.15) is 5.56 Å². The van der Waals surface area contributed by atoms with Gasteiger partial charge in [-0.2, -0.15) is 5.10 Å². The lowest BCUT2D eigenvalue weighted by Gasteiger charge is -2.36. The van der Waals surface area contributed by atoms with Gasteiger partial charge in [-0.25, -0.2) is 13.1 Å². The molecule has 1 N–H and O–H groups in total. The van der Waals surface area contributed by atoms with E-state index in [1.807, 2.05) is 6.92 Å². The topological polar surface area (TPSA) is 89.3 Å². The van der Waals surface area contributed by atoms with Gasteiger partial charge in [0.2, 0.25) is 5.88 Å². The third kappa shape index (κ3) is 2.89. The number of ketones is 1. The molecule has 0 saturated carbocycles. The van der Waals surface area contributed by atoms with Gasteiger partial charge in [-0.15, -0.1) is 0 Å². The monoisotopic (exact) mass is 458 g/mol. The lowest BCUT2D eigenvalue weighted by molar-refractivity contribution is 0.103. The van der Waals surface area contributed by atoms with Gasteiger partial charge in [0.15, 0.2) is 15.6 Å². The van der Waals surface area contributed by atoms with Crippen LogP contribution >= 0.6 is 33.2 Å². The lowest BCUT2D eigenvalue weighted by Crippen LogP contribution is -2.33. The highest BCUT2D eigenvalue weighted by atomic mass is 35.5. The maximum atomic E-state index is 13.2. The Morgan fingerprint density at radius 3 is 2.75 bits per heavy atom. The molecule has 4 rings (SSSR count). The van der Waals surface area contributed by atoms with Gasteiger partial charge < -0.3 is 5.11 Å². The van der Waals surface area contributed by atoms with Crippen LogP contribution in [0, 0.1) is 6.92 Å². The van der Waals surface area contributed by atoms with Gasteiger partial charge in [-0.1, -0.05) is 33.2 Å². The molecule has 3 heterocycles. The number of benzene rings is 1. The second-order valence-electron chi connectivity index (χ2n) is 6.98. The first-order valence-corrected chi connectivity index (χ1v) is 13.2. The van der Waals surface area contributed by atoms with Crippen LogP contribution in [0.2, 0.25) is 5.02 Å². The summed E-state index contributed by atoms with van der Waals surface area (Å²) in [5, 5.41) is 14.4. The molecule has 0 aliphatic carbocycles. The Balaban J connectivity index is 1.96. The number of fused-ring (bicyclic) bond motifs is 2. The highest BCUT2D eigenvalue weighted by molar-refractivity contribution is 8.77. The van der Waals surface area contributed by atoms with Crippen LogP contribution in [0.1, 0.15) is 46.8 Å². The van der Waals surface area contributed by atoms with Gasteiger partial charge >= 0.3 is 0 Å². The van der Waals surface area contributed by atoms with Crippen molar-refractivity contribution in [1.82, 2.24) is 9.78 Å². The smallest absolute Gasteiger partial charge is 0.220 e. The average molecular weight is 459 g/mol. The Kier molecular flexibility index (Phi) is 5.01. The van der Waals surface area contributed by atoms with Crippen molar-refractivity contribution in [3.05, 3.63) is 39.5 Å². The number of rotatable bonds is 3. The van der Waals surface area contributed by atoms with Gasteiger partial charge in [0.25, 0.3) is 0 Å². The van der Waals surface area contributed by atoms with Crippen molar-refractivity contribution in [3.8, 4) is 5.88 Å². The molecule has 1 aromatic carbocycles. The van der Waals surface area contributed by atoms with Crippen LogP contribution in [0.15, 0.2) is 17.2 Å². The Bertz CT molecular complexity index is 1090. The number of carbonyl (C=O) groups is 1. The quantitative estimate of drug-likeness (QED) is 0.550. The molecular formula is C18H19ClN2O4S3. The molecule has 1 atom stereocenters. The molecule has 1 saturated heterocycles. The Morgan fingerprint density at radius 1 is 1.39 bits per heavy atom. The fraction of sp³-hybridized carbons (Fsp3) is 0.444. The first-order chi connectivity index (χ1) is 13.2. The van der Waals surface area contributed by atoms with Crippen LogP contribution < -0.4 is 0 Å². The zero-order valence-electron chi connectivity index (χ0n) is 15.4. The molecular weight excluding hydrogens is 440 g/mol. The molecule has 0 bridgehead atoms. The van der Waals surface area contributed by atoms with Crippen LogP contribution in [0.5, 0.6) is 5.88 Å². The molecule has 10 heteroatoms. The summed E-state index contributed by atoms with van der Waals surface area (Å²) >= 11 is 6.44. The van der Waals surface area contributed by atoms with Crippen molar-refractivity contribution in [3.63, 3.8) is 0 Å². The molecule has 0 amide bonds. The highest BCUT2D eigenvalue weighted by Crippen LogP contribution is 2.60. The lowest BCUT2D eigenvalue weighted by atomic mass is 9.85. The predicted octanol–water partition coefficient (Wildman–Crippen LogP) is 3.96. The minimum Gasteiger partial charge on any atom is -0.493 e.